The van der Waals surface area contributed by atoms with E-state index in [1.807, 2.05) is 18.4 Å². The van der Waals surface area contributed by atoms with Crippen LogP contribution in [-0.4, -0.2) is 36.4 Å². The molecule has 5 nitrogen and oxygen atoms in total. The van der Waals surface area contributed by atoms with Crippen LogP contribution in [0.5, 0.6) is 0 Å². The minimum atomic E-state index is -0.507. The summed E-state index contributed by atoms with van der Waals surface area (Å²) in [5.41, 5.74) is 6.46. The lowest BCUT2D eigenvalue weighted by Crippen LogP contribution is -2.41. The van der Waals surface area contributed by atoms with Crippen molar-refractivity contribution in [1.82, 2.24) is 5.32 Å². The van der Waals surface area contributed by atoms with Crippen LogP contribution in [0.15, 0.2) is 28.7 Å². The van der Waals surface area contributed by atoms with Gasteiger partial charge in [0.2, 0.25) is 11.8 Å². The second-order valence-corrected chi connectivity index (χ2v) is 6.39. The second kappa shape index (κ2) is 9.81. The lowest BCUT2D eigenvalue weighted by Gasteiger charge is -2.11. The van der Waals surface area contributed by atoms with Gasteiger partial charge in [-0.1, -0.05) is 15.9 Å². The Bertz CT molecular complexity index is 468. The molecule has 1 atom stereocenters. The first-order valence-electron chi connectivity index (χ1n) is 6.60. The number of amides is 2. The molecular formula is C14H20BrN3O2S. The molecule has 0 saturated heterocycles. The van der Waals surface area contributed by atoms with E-state index in [-0.39, 0.29) is 24.8 Å². The van der Waals surface area contributed by atoms with Crippen molar-refractivity contribution in [3.8, 4) is 0 Å². The molecule has 0 radical (unpaired) electrons. The highest BCUT2D eigenvalue weighted by Gasteiger charge is 2.12. The molecule has 1 aromatic rings. The van der Waals surface area contributed by atoms with Crippen molar-refractivity contribution in [1.29, 1.82) is 0 Å². The van der Waals surface area contributed by atoms with Crippen molar-refractivity contribution in [2.45, 2.75) is 18.9 Å². The van der Waals surface area contributed by atoms with Gasteiger partial charge in [0.15, 0.2) is 0 Å². The molecule has 116 valence electrons. The molecule has 0 aliphatic heterocycles. The average Bonchev–Trinajstić information content (AvgIpc) is 2.47. The standard InChI is InChI=1S/C14H20BrN3O2S/c1-21-9-7-12(16)14(20)17-8-6-13(19)18-11-4-2-10(15)3-5-11/h2-5,12H,6-9,16H2,1H3,(H,17,20)(H,18,19)/t12-/m0/s1. The Kier molecular flexibility index (Phi) is 8.41. The van der Waals surface area contributed by atoms with E-state index in [9.17, 15) is 9.59 Å². The molecule has 0 heterocycles. The van der Waals surface area contributed by atoms with E-state index in [1.54, 1.807) is 23.9 Å². The summed E-state index contributed by atoms with van der Waals surface area (Å²) in [5.74, 6) is 0.495. The highest BCUT2D eigenvalue weighted by Crippen LogP contribution is 2.14. The van der Waals surface area contributed by atoms with Crippen molar-refractivity contribution < 1.29 is 9.59 Å². The van der Waals surface area contributed by atoms with Crippen molar-refractivity contribution in [2.75, 3.05) is 23.9 Å². The van der Waals surface area contributed by atoms with Gasteiger partial charge < -0.3 is 16.4 Å². The van der Waals surface area contributed by atoms with E-state index in [1.165, 1.54) is 0 Å². The van der Waals surface area contributed by atoms with Crippen LogP contribution in [0.1, 0.15) is 12.8 Å². The molecule has 0 unspecified atom stereocenters. The molecule has 21 heavy (non-hydrogen) atoms. The van der Waals surface area contributed by atoms with E-state index in [2.05, 4.69) is 26.6 Å². The molecule has 0 aliphatic rings. The van der Waals surface area contributed by atoms with Gasteiger partial charge in [0.05, 0.1) is 6.04 Å². The summed E-state index contributed by atoms with van der Waals surface area (Å²) in [6, 6.07) is 6.80. The number of nitrogens with one attached hydrogen (secondary N) is 2. The van der Waals surface area contributed by atoms with Crippen LogP contribution in [0.2, 0.25) is 0 Å². The van der Waals surface area contributed by atoms with Gasteiger partial charge in [-0.15, -0.1) is 0 Å². The number of rotatable bonds is 8. The number of thioether (sulfide) groups is 1. The Hall–Kier alpha value is -1.05. The number of anilines is 1. The van der Waals surface area contributed by atoms with Gasteiger partial charge in [-0.25, -0.2) is 0 Å². The molecule has 0 bridgehead atoms. The van der Waals surface area contributed by atoms with E-state index in [0.29, 0.717) is 6.42 Å². The van der Waals surface area contributed by atoms with Crippen LogP contribution >= 0.6 is 27.7 Å². The molecule has 1 aromatic carbocycles. The largest absolute Gasteiger partial charge is 0.354 e. The first kappa shape index (κ1) is 18.0. The summed E-state index contributed by atoms with van der Waals surface area (Å²) in [7, 11) is 0. The fourth-order valence-corrected chi connectivity index (χ4v) is 2.32. The molecule has 7 heteroatoms. The van der Waals surface area contributed by atoms with E-state index < -0.39 is 6.04 Å². The molecular weight excluding hydrogens is 354 g/mol. The highest BCUT2D eigenvalue weighted by molar-refractivity contribution is 9.10. The van der Waals surface area contributed by atoms with Crippen LogP contribution in [0.4, 0.5) is 5.69 Å². The molecule has 2 amide bonds. The molecule has 1 rings (SSSR count). The van der Waals surface area contributed by atoms with Gasteiger partial charge in [0, 0.05) is 23.1 Å². The monoisotopic (exact) mass is 373 g/mol. The molecule has 0 saturated carbocycles. The SMILES string of the molecule is CSCC[C@H](N)C(=O)NCCC(=O)Nc1ccc(Br)cc1. The Morgan fingerprint density at radius 3 is 2.62 bits per heavy atom. The zero-order valence-corrected chi connectivity index (χ0v) is 14.3. The first-order chi connectivity index (χ1) is 10.0. The third-order valence-corrected chi connectivity index (χ3v) is 3.92. The summed E-state index contributed by atoms with van der Waals surface area (Å²) in [6.45, 7) is 0.286. The summed E-state index contributed by atoms with van der Waals surface area (Å²) >= 11 is 4.98. The lowest BCUT2D eigenvalue weighted by atomic mass is 10.2. The number of carbonyl (C=O) groups is 2. The van der Waals surface area contributed by atoms with Crippen LogP contribution in [-0.2, 0) is 9.59 Å². The number of nitrogens with two attached hydrogens (primary N) is 1. The number of halogens is 1. The maximum absolute atomic E-state index is 11.7. The van der Waals surface area contributed by atoms with Crippen LogP contribution in [0.3, 0.4) is 0 Å². The van der Waals surface area contributed by atoms with Gasteiger partial charge in [-0.05, 0) is 42.7 Å². The Balaban J connectivity index is 2.24. The summed E-state index contributed by atoms with van der Waals surface area (Å²) in [5, 5.41) is 5.44. The van der Waals surface area contributed by atoms with Crippen LogP contribution < -0.4 is 16.4 Å². The predicted molar refractivity (Wildman–Crippen MR) is 91.4 cm³/mol. The maximum Gasteiger partial charge on any atom is 0.236 e. The molecule has 0 aliphatic carbocycles. The minimum absolute atomic E-state index is 0.143. The van der Waals surface area contributed by atoms with Gasteiger partial charge in [0.1, 0.15) is 0 Å². The molecule has 0 fully saturated rings. The number of benzene rings is 1. The first-order valence-corrected chi connectivity index (χ1v) is 8.79. The summed E-state index contributed by atoms with van der Waals surface area (Å²) < 4.78 is 0.951. The summed E-state index contributed by atoms with van der Waals surface area (Å²) in [4.78, 5) is 23.4. The van der Waals surface area contributed by atoms with Crippen molar-refractivity contribution >= 4 is 45.2 Å². The van der Waals surface area contributed by atoms with Crippen molar-refractivity contribution in [3.05, 3.63) is 28.7 Å². The predicted octanol–water partition coefficient (Wildman–Crippen LogP) is 1.97. The quantitative estimate of drug-likeness (QED) is 0.650. The third kappa shape index (κ3) is 7.50. The normalized spacial score (nSPS) is 11.8. The average molecular weight is 374 g/mol. The molecule has 4 N–H and O–H groups in total. The zero-order chi connectivity index (χ0) is 15.7. The lowest BCUT2D eigenvalue weighted by molar-refractivity contribution is -0.122. The fraction of sp³-hybridized carbons (Fsp3) is 0.429. The van der Waals surface area contributed by atoms with Crippen LogP contribution in [0, 0.1) is 0 Å². The zero-order valence-electron chi connectivity index (χ0n) is 11.9. The molecule has 0 spiro atoms. The van der Waals surface area contributed by atoms with E-state index in [0.717, 1.165) is 15.9 Å². The Labute approximate surface area is 137 Å². The minimum Gasteiger partial charge on any atom is -0.354 e. The number of hydrogen-bond acceptors (Lipinski definition) is 4. The van der Waals surface area contributed by atoms with Gasteiger partial charge in [-0.3, -0.25) is 9.59 Å². The third-order valence-electron chi connectivity index (χ3n) is 2.75. The fourth-order valence-electron chi connectivity index (χ4n) is 1.56. The van der Waals surface area contributed by atoms with Crippen molar-refractivity contribution in [2.24, 2.45) is 5.73 Å². The highest BCUT2D eigenvalue weighted by atomic mass is 79.9. The Morgan fingerprint density at radius 1 is 1.33 bits per heavy atom. The topological polar surface area (TPSA) is 84.2 Å². The molecule has 0 aromatic heterocycles. The number of hydrogen-bond donors (Lipinski definition) is 3. The Morgan fingerprint density at radius 2 is 2.00 bits per heavy atom. The number of carbonyl (C=O) groups excluding carboxylic acids is 2. The van der Waals surface area contributed by atoms with Crippen molar-refractivity contribution in [3.63, 3.8) is 0 Å². The second-order valence-electron chi connectivity index (χ2n) is 4.48. The van der Waals surface area contributed by atoms with E-state index in [4.69, 9.17) is 5.73 Å². The van der Waals surface area contributed by atoms with Gasteiger partial charge in [-0.2, -0.15) is 11.8 Å². The maximum atomic E-state index is 11.7. The van der Waals surface area contributed by atoms with Crippen LogP contribution in [0.25, 0.3) is 0 Å². The smallest absolute Gasteiger partial charge is 0.236 e. The summed E-state index contributed by atoms with van der Waals surface area (Å²) in [6.07, 6.45) is 2.83. The van der Waals surface area contributed by atoms with Gasteiger partial charge in [0.25, 0.3) is 0 Å². The van der Waals surface area contributed by atoms with E-state index >= 15 is 0 Å². The van der Waals surface area contributed by atoms with Gasteiger partial charge >= 0.3 is 0 Å².